The summed E-state index contributed by atoms with van der Waals surface area (Å²) in [6.07, 6.45) is 3.10. The van der Waals surface area contributed by atoms with E-state index in [1.165, 1.54) is 18.7 Å². The van der Waals surface area contributed by atoms with E-state index in [4.69, 9.17) is 15.2 Å². The molecule has 2 rings (SSSR count). The number of aryl methyl sites for hydroxylation is 2. The Hall–Kier alpha value is -3.28. The first-order valence-corrected chi connectivity index (χ1v) is 8.04. The first-order valence-electron chi connectivity index (χ1n) is 8.04. The van der Waals surface area contributed by atoms with Crippen molar-refractivity contribution >= 4 is 23.6 Å². The summed E-state index contributed by atoms with van der Waals surface area (Å²) in [5.41, 5.74) is 8.85. The lowest BCUT2D eigenvalue weighted by atomic mass is 10.1. The van der Waals surface area contributed by atoms with Gasteiger partial charge in [0.1, 0.15) is 0 Å². The molecule has 0 unspecified atom stereocenters. The third kappa shape index (κ3) is 5.37. The molecular formula is C20H22N2O4. The topological polar surface area (TPSA) is 90.7 Å². The number of nitrogens with one attached hydrogen (secondary N) is 1. The van der Waals surface area contributed by atoms with Crippen LogP contribution in [0.2, 0.25) is 0 Å². The number of carbonyl (C=O) groups is 2. The molecule has 0 heterocycles. The van der Waals surface area contributed by atoms with Gasteiger partial charge in [-0.15, -0.1) is 0 Å². The van der Waals surface area contributed by atoms with Crippen LogP contribution in [0, 0.1) is 13.8 Å². The fraction of sp³-hybridized carbons (Fsp3) is 0.200. The molecule has 0 fully saturated rings. The van der Waals surface area contributed by atoms with Gasteiger partial charge < -0.3 is 20.5 Å². The molecule has 0 bridgehead atoms. The molecule has 0 atom stereocenters. The minimum absolute atomic E-state index is 0.232. The Balaban J connectivity index is 2.05. The van der Waals surface area contributed by atoms with E-state index in [1.807, 2.05) is 32.0 Å². The van der Waals surface area contributed by atoms with Crippen molar-refractivity contribution < 1.29 is 19.1 Å². The van der Waals surface area contributed by atoms with Crippen LogP contribution >= 0.6 is 0 Å². The zero-order valence-electron chi connectivity index (χ0n) is 15.0. The quantitative estimate of drug-likeness (QED) is 0.748. The normalized spacial score (nSPS) is 10.6. The van der Waals surface area contributed by atoms with E-state index >= 15 is 0 Å². The standard InChI is InChI=1S/C20H22N2O4/c1-13-4-7-16(10-14(13)2)22-20(24)9-6-15-5-8-17(18(11-15)25-3)26-12-19(21)23/h4-11H,12H2,1-3H3,(H2,21,23)(H,22,24)/b9-6+. The van der Waals surface area contributed by atoms with Crippen molar-refractivity contribution in [1.82, 2.24) is 0 Å². The number of nitrogens with two attached hydrogens (primary N) is 1. The maximum Gasteiger partial charge on any atom is 0.255 e. The number of ether oxygens (including phenoxy) is 2. The van der Waals surface area contributed by atoms with E-state index in [9.17, 15) is 9.59 Å². The Morgan fingerprint density at radius 1 is 1.08 bits per heavy atom. The van der Waals surface area contributed by atoms with Gasteiger partial charge in [0.05, 0.1) is 7.11 Å². The first kappa shape index (κ1) is 19.1. The van der Waals surface area contributed by atoms with Crippen molar-refractivity contribution in [3.63, 3.8) is 0 Å². The number of primary amides is 1. The third-order valence-corrected chi connectivity index (χ3v) is 3.76. The van der Waals surface area contributed by atoms with Crippen LogP contribution in [0.15, 0.2) is 42.5 Å². The van der Waals surface area contributed by atoms with Gasteiger partial charge in [-0.2, -0.15) is 0 Å². The lowest BCUT2D eigenvalue weighted by molar-refractivity contribution is -0.120. The van der Waals surface area contributed by atoms with Crippen LogP contribution in [0.25, 0.3) is 6.08 Å². The summed E-state index contributed by atoms with van der Waals surface area (Å²) in [4.78, 5) is 22.9. The van der Waals surface area contributed by atoms with E-state index in [0.717, 1.165) is 16.8 Å². The van der Waals surface area contributed by atoms with Gasteiger partial charge in [0.15, 0.2) is 18.1 Å². The van der Waals surface area contributed by atoms with Crippen molar-refractivity contribution in [1.29, 1.82) is 0 Å². The van der Waals surface area contributed by atoms with Crippen molar-refractivity contribution in [3.8, 4) is 11.5 Å². The van der Waals surface area contributed by atoms with Gasteiger partial charge in [-0.05, 0) is 60.9 Å². The lowest BCUT2D eigenvalue weighted by Crippen LogP contribution is -2.20. The van der Waals surface area contributed by atoms with Crippen molar-refractivity contribution in [3.05, 3.63) is 59.2 Å². The Kier molecular flexibility index (Phi) is 6.38. The van der Waals surface area contributed by atoms with Crippen LogP contribution in [-0.2, 0) is 9.59 Å². The smallest absolute Gasteiger partial charge is 0.255 e. The second-order valence-electron chi connectivity index (χ2n) is 5.79. The third-order valence-electron chi connectivity index (χ3n) is 3.76. The molecule has 2 aromatic carbocycles. The molecule has 0 aromatic heterocycles. The number of benzene rings is 2. The van der Waals surface area contributed by atoms with E-state index in [0.29, 0.717) is 11.5 Å². The summed E-state index contributed by atoms with van der Waals surface area (Å²) in [7, 11) is 1.49. The summed E-state index contributed by atoms with van der Waals surface area (Å²) in [5.74, 6) is 0.0475. The minimum Gasteiger partial charge on any atom is -0.493 e. The van der Waals surface area contributed by atoms with Crippen LogP contribution < -0.4 is 20.5 Å². The zero-order valence-corrected chi connectivity index (χ0v) is 15.0. The van der Waals surface area contributed by atoms with Crippen molar-refractivity contribution in [2.45, 2.75) is 13.8 Å². The fourth-order valence-electron chi connectivity index (χ4n) is 2.23. The number of hydrogen-bond donors (Lipinski definition) is 2. The number of anilines is 1. The molecule has 0 aliphatic heterocycles. The monoisotopic (exact) mass is 354 g/mol. The SMILES string of the molecule is COc1cc(/C=C/C(=O)Nc2ccc(C)c(C)c2)ccc1OCC(N)=O. The molecule has 6 heteroatoms. The number of carbonyl (C=O) groups excluding carboxylic acids is 2. The molecule has 26 heavy (non-hydrogen) atoms. The maximum absolute atomic E-state index is 12.1. The van der Waals surface area contributed by atoms with Crippen LogP contribution in [0.3, 0.4) is 0 Å². The van der Waals surface area contributed by atoms with Crippen molar-refractivity contribution in [2.24, 2.45) is 5.73 Å². The Morgan fingerprint density at radius 3 is 2.50 bits per heavy atom. The van der Waals surface area contributed by atoms with E-state index < -0.39 is 5.91 Å². The largest absolute Gasteiger partial charge is 0.493 e. The number of hydrogen-bond acceptors (Lipinski definition) is 4. The van der Waals surface area contributed by atoms with Gasteiger partial charge in [0.25, 0.3) is 5.91 Å². The molecule has 0 spiro atoms. The summed E-state index contributed by atoms with van der Waals surface area (Å²) in [6.45, 7) is 3.78. The second kappa shape index (κ2) is 8.71. The zero-order chi connectivity index (χ0) is 19.1. The first-order chi connectivity index (χ1) is 12.4. The second-order valence-corrected chi connectivity index (χ2v) is 5.79. The Bertz CT molecular complexity index is 844. The summed E-state index contributed by atoms with van der Waals surface area (Å²) in [6, 6.07) is 10.9. The maximum atomic E-state index is 12.1. The van der Waals surface area contributed by atoms with Gasteiger partial charge in [-0.1, -0.05) is 12.1 Å². The highest BCUT2D eigenvalue weighted by Gasteiger charge is 2.07. The molecule has 6 nitrogen and oxygen atoms in total. The number of amides is 2. The predicted molar refractivity (Wildman–Crippen MR) is 101 cm³/mol. The molecule has 2 aromatic rings. The predicted octanol–water partition coefficient (Wildman–Crippen LogP) is 2.83. The van der Waals surface area contributed by atoms with Gasteiger partial charge in [0.2, 0.25) is 5.91 Å². The number of rotatable bonds is 7. The molecular weight excluding hydrogens is 332 g/mol. The highest BCUT2D eigenvalue weighted by atomic mass is 16.5. The van der Waals surface area contributed by atoms with Crippen LogP contribution in [0.5, 0.6) is 11.5 Å². The molecule has 0 saturated heterocycles. The highest BCUT2D eigenvalue weighted by molar-refractivity contribution is 6.02. The Morgan fingerprint density at radius 2 is 1.85 bits per heavy atom. The molecule has 136 valence electrons. The molecule has 0 saturated carbocycles. The molecule has 2 amide bonds. The Labute approximate surface area is 152 Å². The molecule has 0 aliphatic carbocycles. The van der Waals surface area contributed by atoms with Crippen LogP contribution in [0.1, 0.15) is 16.7 Å². The average Bonchev–Trinajstić information content (AvgIpc) is 2.61. The molecule has 0 radical (unpaired) electrons. The summed E-state index contributed by atoms with van der Waals surface area (Å²) >= 11 is 0. The van der Waals surface area contributed by atoms with Gasteiger partial charge in [-0.25, -0.2) is 0 Å². The molecule has 0 aliphatic rings. The van der Waals surface area contributed by atoms with E-state index in [2.05, 4.69) is 5.32 Å². The highest BCUT2D eigenvalue weighted by Crippen LogP contribution is 2.28. The van der Waals surface area contributed by atoms with Crippen LogP contribution in [0.4, 0.5) is 5.69 Å². The van der Waals surface area contributed by atoms with Gasteiger partial charge in [0, 0.05) is 11.8 Å². The average molecular weight is 354 g/mol. The van der Waals surface area contributed by atoms with Crippen molar-refractivity contribution in [2.75, 3.05) is 19.0 Å². The molecule has 3 N–H and O–H groups in total. The summed E-state index contributed by atoms with van der Waals surface area (Å²) in [5, 5.41) is 2.82. The lowest BCUT2D eigenvalue weighted by Gasteiger charge is -2.10. The van der Waals surface area contributed by atoms with E-state index in [-0.39, 0.29) is 12.5 Å². The van der Waals surface area contributed by atoms with Gasteiger partial charge >= 0.3 is 0 Å². The fourth-order valence-corrected chi connectivity index (χ4v) is 2.23. The van der Waals surface area contributed by atoms with Gasteiger partial charge in [-0.3, -0.25) is 9.59 Å². The number of methoxy groups -OCH3 is 1. The van der Waals surface area contributed by atoms with Crippen LogP contribution in [-0.4, -0.2) is 25.5 Å². The minimum atomic E-state index is -0.570. The van der Waals surface area contributed by atoms with E-state index in [1.54, 1.807) is 24.3 Å². The summed E-state index contributed by atoms with van der Waals surface area (Å²) < 4.78 is 10.5.